The van der Waals surface area contributed by atoms with Gasteiger partial charge >= 0.3 is 0 Å². The normalized spacial score (nSPS) is 14.2. The Morgan fingerprint density at radius 3 is 2.27 bits per heavy atom. The molecule has 0 aromatic heterocycles. The van der Waals surface area contributed by atoms with Crippen LogP contribution in [0.4, 0.5) is 0 Å². The van der Waals surface area contributed by atoms with Crippen molar-refractivity contribution in [3.63, 3.8) is 0 Å². The fourth-order valence-corrected chi connectivity index (χ4v) is 2.03. The Morgan fingerprint density at radius 1 is 1.33 bits per heavy atom. The molecule has 0 aromatic rings. The topological polar surface area (TPSA) is 61.2 Å². The Labute approximate surface area is 92.8 Å². The van der Waals surface area contributed by atoms with Crippen molar-refractivity contribution in [1.29, 1.82) is 5.26 Å². The van der Waals surface area contributed by atoms with Crippen molar-refractivity contribution in [3.05, 3.63) is 0 Å². The van der Waals surface area contributed by atoms with Crippen LogP contribution in [0.1, 0.15) is 27.2 Å². The summed E-state index contributed by atoms with van der Waals surface area (Å²) in [5.41, 5.74) is 0. The van der Waals surface area contributed by atoms with Gasteiger partial charge in [-0.3, -0.25) is 0 Å². The average Bonchev–Trinajstić information content (AvgIpc) is 2.14. The molecule has 0 rings (SSSR count). The van der Waals surface area contributed by atoms with Crippen LogP contribution in [0.5, 0.6) is 0 Å². The number of nitrogens with zero attached hydrogens (tertiary/aromatic N) is 2. The van der Waals surface area contributed by atoms with Gasteiger partial charge in [-0.1, -0.05) is 0 Å². The zero-order valence-corrected chi connectivity index (χ0v) is 10.7. The molecule has 0 N–H and O–H groups in total. The van der Waals surface area contributed by atoms with Gasteiger partial charge in [0.2, 0.25) is 0 Å². The molecule has 0 aliphatic rings. The molecule has 1 unspecified atom stereocenters. The summed E-state index contributed by atoms with van der Waals surface area (Å²) in [6, 6.07) is 2.19. The SMILES string of the molecule is CC(CC#N)N(C)CCS(=O)(=O)C(C)C. The molecule has 0 saturated carbocycles. The fourth-order valence-electron chi connectivity index (χ4n) is 1.02. The summed E-state index contributed by atoms with van der Waals surface area (Å²) in [6.07, 6.45) is 0.429. The van der Waals surface area contributed by atoms with Crippen LogP contribution in [0.3, 0.4) is 0 Å². The van der Waals surface area contributed by atoms with Gasteiger partial charge in [0.05, 0.1) is 23.5 Å². The zero-order valence-electron chi connectivity index (χ0n) is 9.90. The van der Waals surface area contributed by atoms with E-state index in [1.54, 1.807) is 13.8 Å². The van der Waals surface area contributed by atoms with Crippen molar-refractivity contribution in [3.8, 4) is 6.07 Å². The molecule has 0 aliphatic carbocycles. The second-order valence-corrected chi connectivity index (χ2v) is 6.78. The molecule has 0 radical (unpaired) electrons. The number of nitriles is 1. The maximum Gasteiger partial charge on any atom is 0.153 e. The Hall–Kier alpha value is -0.600. The molecular formula is C10H20N2O2S. The average molecular weight is 232 g/mol. The number of sulfone groups is 1. The standard InChI is InChI=1S/C10H20N2O2S/c1-9(2)15(13,14)8-7-12(4)10(3)5-6-11/h9-10H,5,7-8H2,1-4H3. The lowest BCUT2D eigenvalue weighted by molar-refractivity contribution is 0.275. The first kappa shape index (κ1) is 14.4. The van der Waals surface area contributed by atoms with Gasteiger partial charge in [0, 0.05) is 12.6 Å². The van der Waals surface area contributed by atoms with Crippen molar-refractivity contribution in [2.75, 3.05) is 19.3 Å². The first-order chi connectivity index (χ1) is 6.81. The molecule has 0 fully saturated rings. The van der Waals surface area contributed by atoms with Gasteiger partial charge < -0.3 is 4.90 Å². The monoisotopic (exact) mass is 232 g/mol. The first-order valence-electron chi connectivity index (χ1n) is 5.10. The Bertz CT molecular complexity index is 317. The third kappa shape index (κ3) is 5.14. The first-order valence-corrected chi connectivity index (χ1v) is 6.81. The van der Waals surface area contributed by atoms with E-state index in [4.69, 9.17) is 5.26 Å². The highest BCUT2D eigenvalue weighted by atomic mass is 32.2. The van der Waals surface area contributed by atoms with E-state index in [0.29, 0.717) is 13.0 Å². The molecule has 15 heavy (non-hydrogen) atoms. The van der Waals surface area contributed by atoms with E-state index >= 15 is 0 Å². The van der Waals surface area contributed by atoms with Gasteiger partial charge in [-0.25, -0.2) is 8.42 Å². The van der Waals surface area contributed by atoms with Crippen LogP contribution in [0.15, 0.2) is 0 Å². The van der Waals surface area contributed by atoms with E-state index in [-0.39, 0.29) is 17.0 Å². The molecule has 5 heteroatoms. The fraction of sp³-hybridized carbons (Fsp3) is 0.900. The van der Waals surface area contributed by atoms with Gasteiger partial charge in [0.15, 0.2) is 9.84 Å². The largest absolute Gasteiger partial charge is 0.302 e. The molecule has 1 atom stereocenters. The van der Waals surface area contributed by atoms with Gasteiger partial charge in [-0.2, -0.15) is 5.26 Å². The minimum atomic E-state index is -2.97. The molecule has 0 aliphatic heterocycles. The smallest absolute Gasteiger partial charge is 0.153 e. The van der Waals surface area contributed by atoms with Crippen LogP contribution in [0.25, 0.3) is 0 Å². The Balaban J connectivity index is 4.13. The van der Waals surface area contributed by atoms with Crippen molar-refractivity contribution in [1.82, 2.24) is 4.90 Å². The molecule has 0 bridgehead atoms. The van der Waals surface area contributed by atoms with Crippen LogP contribution in [0.2, 0.25) is 0 Å². The van der Waals surface area contributed by atoms with Gasteiger partial charge in [0.25, 0.3) is 0 Å². The summed E-state index contributed by atoms with van der Waals surface area (Å²) < 4.78 is 23.0. The lowest BCUT2D eigenvalue weighted by atomic mass is 10.2. The molecule has 88 valence electrons. The minimum Gasteiger partial charge on any atom is -0.302 e. The van der Waals surface area contributed by atoms with Crippen molar-refractivity contribution >= 4 is 9.84 Å². The molecular weight excluding hydrogens is 212 g/mol. The van der Waals surface area contributed by atoms with E-state index < -0.39 is 9.84 Å². The van der Waals surface area contributed by atoms with E-state index in [2.05, 4.69) is 6.07 Å². The van der Waals surface area contributed by atoms with Crippen molar-refractivity contribution in [2.45, 2.75) is 38.5 Å². The van der Waals surface area contributed by atoms with E-state index in [9.17, 15) is 8.42 Å². The van der Waals surface area contributed by atoms with Gasteiger partial charge in [0.1, 0.15) is 0 Å². The lowest BCUT2D eigenvalue weighted by Gasteiger charge is -2.22. The zero-order chi connectivity index (χ0) is 12.1. The predicted octanol–water partition coefficient (Wildman–Crippen LogP) is 1.04. The van der Waals surface area contributed by atoms with Crippen molar-refractivity contribution < 1.29 is 8.42 Å². The van der Waals surface area contributed by atoms with E-state index in [1.165, 1.54) is 0 Å². The van der Waals surface area contributed by atoms with Crippen LogP contribution < -0.4 is 0 Å². The second kappa shape index (κ2) is 6.09. The summed E-state index contributed by atoms with van der Waals surface area (Å²) in [5.74, 6) is 0.164. The highest BCUT2D eigenvalue weighted by Gasteiger charge is 2.18. The molecule has 0 saturated heterocycles. The molecule has 4 nitrogen and oxygen atoms in total. The van der Waals surface area contributed by atoms with E-state index in [1.807, 2.05) is 18.9 Å². The second-order valence-electron chi connectivity index (χ2n) is 4.11. The molecule has 0 aromatic carbocycles. The quantitative estimate of drug-likeness (QED) is 0.686. The molecule has 0 amide bonds. The van der Waals surface area contributed by atoms with Crippen LogP contribution in [0, 0.1) is 11.3 Å². The van der Waals surface area contributed by atoms with E-state index in [0.717, 1.165) is 0 Å². The van der Waals surface area contributed by atoms with Gasteiger partial charge in [-0.15, -0.1) is 0 Å². The highest BCUT2D eigenvalue weighted by Crippen LogP contribution is 2.04. The molecule has 0 heterocycles. The summed E-state index contributed by atoms with van der Waals surface area (Å²) in [5, 5.41) is 8.18. The third-order valence-corrected chi connectivity index (χ3v) is 4.77. The van der Waals surface area contributed by atoms with Crippen LogP contribution in [-0.2, 0) is 9.84 Å². The summed E-state index contributed by atoms with van der Waals surface area (Å²) in [4.78, 5) is 1.91. The maximum atomic E-state index is 11.5. The maximum absolute atomic E-state index is 11.5. The van der Waals surface area contributed by atoms with Crippen molar-refractivity contribution in [2.24, 2.45) is 0 Å². The van der Waals surface area contributed by atoms with Gasteiger partial charge in [-0.05, 0) is 27.8 Å². The summed E-state index contributed by atoms with van der Waals surface area (Å²) in [7, 11) is -1.12. The summed E-state index contributed by atoms with van der Waals surface area (Å²) >= 11 is 0. The van der Waals surface area contributed by atoms with Crippen LogP contribution in [-0.4, -0.2) is 44.0 Å². The van der Waals surface area contributed by atoms with Crippen LogP contribution >= 0.6 is 0 Å². The molecule has 0 spiro atoms. The Morgan fingerprint density at radius 2 is 1.87 bits per heavy atom. The number of hydrogen-bond donors (Lipinski definition) is 0. The third-order valence-electron chi connectivity index (χ3n) is 2.59. The summed E-state index contributed by atoms with van der Waals surface area (Å²) in [6.45, 7) is 5.79. The Kier molecular flexibility index (Phi) is 5.84. The predicted molar refractivity (Wildman–Crippen MR) is 61.2 cm³/mol. The number of rotatable bonds is 6. The lowest BCUT2D eigenvalue weighted by Crippen LogP contribution is -2.34. The minimum absolute atomic E-state index is 0.109. The highest BCUT2D eigenvalue weighted by molar-refractivity contribution is 7.92. The number of hydrogen-bond acceptors (Lipinski definition) is 4.